The summed E-state index contributed by atoms with van der Waals surface area (Å²) in [5.41, 5.74) is 1.32. The first-order chi connectivity index (χ1) is 8.03. The Morgan fingerprint density at radius 1 is 1.35 bits per heavy atom. The van der Waals surface area contributed by atoms with Gasteiger partial charge in [-0.1, -0.05) is 12.8 Å². The lowest BCUT2D eigenvalue weighted by atomic mass is 9.98. The summed E-state index contributed by atoms with van der Waals surface area (Å²) < 4.78 is 0. The number of carbonyl (C=O) groups is 1. The van der Waals surface area contributed by atoms with E-state index in [1.54, 1.807) is 6.07 Å². The van der Waals surface area contributed by atoms with Gasteiger partial charge in [-0.25, -0.2) is 9.97 Å². The molecule has 0 spiro atoms. The Morgan fingerprint density at radius 3 is 2.59 bits per heavy atom. The first-order valence-electron chi connectivity index (χ1n) is 6.10. The SMILES string of the molecule is Cc1cc(C(=O)N(C)C2(C)CCCC2)ncn1. The predicted octanol–water partition coefficient (Wildman–Crippen LogP) is 2.19. The van der Waals surface area contributed by atoms with Gasteiger partial charge in [0.2, 0.25) is 0 Å². The number of rotatable bonds is 2. The second kappa shape index (κ2) is 4.43. The third kappa shape index (κ3) is 2.30. The van der Waals surface area contributed by atoms with Crippen molar-refractivity contribution in [2.24, 2.45) is 0 Å². The van der Waals surface area contributed by atoms with E-state index in [0.717, 1.165) is 18.5 Å². The van der Waals surface area contributed by atoms with Crippen molar-refractivity contribution in [3.05, 3.63) is 23.8 Å². The first kappa shape index (κ1) is 12.0. The summed E-state index contributed by atoms with van der Waals surface area (Å²) in [5, 5.41) is 0. The van der Waals surface area contributed by atoms with Gasteiger partial charge in [-0.2, -0.15) is 0 Å². The standard InChI is InChI=1S/C13H19N3O/c1-10-8-11(15-9-14-10)12(17)16(3)13(2)6-4-5-7-13/h8-9H,4-7H2,1-3H3. The molecule has 0 radical (unpaired) electrons. The highest BCUT2D eigenvalue weighted by Gasteiger charge is 2.36. The smallest absolute Gasteiger partial charge is 0.272 e. The van der Waals surface area contributed by atoms with Gasteiger partial charge in [0.15, 0.2) is 0 Å². The Kier molecular flexibility index (Phi) is 3.13. The molecule has 0 atom stereocenters. The topological polar surface area (TPSA) is 46.1 Å². The molecule has 0 unspecified atom stereocenters. The van der Waals surface area contributed by atoms with Crippen LogP contribution in [0.1, 0.15) is 48.8 Å². The minimum Gasteiger partial charge on any atom is -0.335 e. The van der Waals surface area contributed by atoms with Gasteiger partial charge in [-0.05, 0) is 32.8 Å². The normalized spacial score (nSPS) is 18.1. The fraction of sp³-hybridized carbons (Fsp3) is 0.615. The molecule has 4 nitrogen and oxygen atoms in total. The van der Waals surface area contributed by atoms with Crippen LogP contribution in [-0.4, -0.2) is 33.4 Å². The van der Waals surface area contributed by atoms with Gasteiger partial charge in [0.25, 0.3) is 5.91 Å². The number of amides is 1. The fourth-order valence-corrected chi connectivity index (χ4v) is 2.46. The summed E-state index contributed by atoms with van der Waals surface area (Å²) in [6.45, 7) is 4.03. The van der Waals surface area contributed by atoms with Gasteiger partial charge in [0.05, 0.1) is 0 Å². The van der Waals surface area contributed by atoms with E-state index in [1.165, 1.54) is 19.2 Å². The molecule has 1 saturated carbocycles. The van der Waals surface area contributed by atoms with E-state index in [9.17, 15) is 4.79 Å². The zero-order valence-electron chi connectivity index (χ0n) is 10.7. The van der Waals surface area contributed by atoms with Crippen molar-refractivity contribution in [1.82, 2.24) is 14.9 Å². The van der Waals surface area contributed by atoms with Gasteiger partial charge in [-0.3, -0.25) is 4.79 Å². The van der Waals surface area contributed by atoms with E-state index >= 15 is 0 Å². The Bertz CT molecular complexity index is 424. The minimum atomic E-state index is -0.00403. The van der Waals surface area contributed by atoms with E-state index < -0.39 is 0 Å². The molecule has 92 valence electrons. The maximum absolute atomic E-state index is 12.3. The monoisotopic (exact) mass is 233 g/mol. The summed E-state index contributed by atoms with van der Waals surface area (Å²) in [4.78, 5) is 22.2. The minimum absolute atomic E-state index is 0.0000926. The molecule has 1 aliphatic carbocycles. The molecule has 0 bridgehead atoms. The number of aromatic nitrogens is 2. The molecule has 1 fully saturated rings. The summed E-state index contributed by atoms with van der Waals surface area (Å²) in [7, 11) is 1.88. The number of hydrogen-bond donors (Lipinski definition) is 0. The van der Waals surface area contributed by atoms with E-state index in [4.69, 9.17) is 0 Å². The van der Waals surface area contributed by atoms with E-state index in [1.807, 2.05) is 18.9 Å². The van der Waals surface area contributed by atoms with Crippen LogP contribution in [0.25, 0.3) is 0 Å². The van der Waals surface area contributed by atoms with Crippen LogP contribution in [0.2, 0.25) is 0 Å². The van der Waals surface area contributed by atoms with Gasteiger partial charge >= 0.3 is 0 Å². The van der Waals surface area contributed by atoms with Crippen LogP contribution in [0, 0.1) is 6.92 Å². The van der Waals surface area contributed by atoms with Crippen molar-refractivity contribution < 1.29 is 4.79 Å². The zero-order valence-corrected chi connectivity index (χ0v) is 10.7. The predicted molar refractivity (Wildman–Crippen MR) is 65.7 cm³/mol. The maximum atomic E-state index is 12.3. The third-order valence-corrected chi connectivity index (χ3v) is 3.82. The van der Waals surface area contributed by atoms with Crippen molar-refractivity contribution in [2.45, 2.75) is 45.1 Å². The summed E-state index contributed by atoms with van der Waals surface area (Å²) in [6.07, 6.45) is 6.03. The van der Waals surface area contributed by atoms with E-state index in [0.29, 0.717) is 5.69 Å². The van der Waals surface area contributed by atoms with Gasteiger partial charge < -0.3 is 4.90 Å². The number of aryl methyl sites for hydroxylation is 1. The molecule has 1 aliphatic rings. The quantitative estimate of drug-likeness (QED) is 0.786. The van der Waals surface area contributed by atoms with Crippen molar-refractivity contribution in [3.8, 4) is 0 Å². The molecule has 0 aromatic carbocycles. The molecular weight excluding hydrogens is 214 g/mol. The number of hydrogen-bond acceptors (Lipinski definition) is 3. The average Bonchev–Trinajstić information content (AvgIpc) is 2.75. The highest BCUT2D eigenvalue weighted by molar-refractivity contribution is 5.92. The summed E-state index contributed by atoms with van der Waals surface area (Å²) in [6, 6.07) is 1.75. The van der Waals surface area contributed by atoms with Crippen LogP contribution in [0.5, 0.6) is 0 Å². The Hall–Kier alpha value is -1.45. The molecule has 0 N–H and O–H groups in total. The second-order valence-electron chi connectivity index (χ2n) is 5.11. The van der Waals surface area contributed by atoms with Gasteiger partial charge in [0, 0.05) is 18.3 Å². The lowest BCUT2D eigenvalue weighted by Gasteiger charge is -2.35. The summed E-state index contributed by atoms with van der Waals surface area (Å²) >= 11 is 0. The molecule has 17 heavy (non-hydrogen) atoms. The molecule has 1 aromatic heterocycles. The highest BCUT2D eigenvalue weighted by atomic mass is 16.2. The Morgan fingerprint density at radius 2 is 2.00 bits per heavy atom. The van der Waals surface area contributed by atoms with Crippen LogP contribution >= 0.6 is 0 Å². The summed E-state index contributed by atoms with van der Waals surface area (Å²) in [5.74, 6) is -0.0000926. The second-order valence-corrected chi connectivity index (χ2v) is 5.11. The van der Waals surface area contributed by atoms with Crippen LogP contribution < -0.4 is 0 Å². The molecule has 1 heterocycles. The number of nitrogens with zero attached hydrogens (tertiary/aromatic N) is 3. The lowest BCUT2D eigenvalue weighted by Crippen LogP contribution is -2.45. The van der Waals surface area contributed by atoms with Crippen molar-refractivity contribution in [1.29, 1.82) is 0 Å². The van der Waals surface area contributed by atoms with E-state index in [2.05, 4.69) is 16.9 Å². The van der Waals surface area contributed by atoms with Gasteiger partial charge in [-0.15, -0.1) is 0 Å². The first-order valence-corrected chi connectivity index (χ1v) is 6.10. The van der Waals surface area contributed by atoms with Crippen LogP contribution in [0.15, 0.2) is 12.4 Å². The lowest BCUT2D eigenvalue weighted by molar-refractivity contribution is 0.0600. The van der Waals surface area contributed by atoms with Crippen LogP contribution in [-0.2, 0) is 0 Å². The average molecular weight is 233 g/mol. The molecule has 2 rings (SSSR count). The molecular formula is C13H19N3O. The van der Waals surface area contributed by atoms with Gasteiger partial charge in [0.1, 0.15) is 12.0 Å². The number of carbonyl (C=O) groups excluding carboxylic acids is 1. The van der Waals surface area contributed by atoms with Crippen LogP contribution in [0.4, 0.5) is 0 Å². The third-order valence-electron chi connectivity index (χ3n) is 3.82. The molecule has 0 saturated heterocycles. The maximum Gasteiger partial charge on any atom is 0.272 e. The zero-order chi connectivity index (χ0) is 12.5. The Balaban J connectivity index is 2.20. The highest BCUT2D eigenvalue weighted by Crippen LogP contribution is 2.34. The van der Waals surface area contributed by atoms with E-state index in [-0.39, 0.29) is 11.4 Å². The van der Waals surface area contributed by atoms with Crippen molar-refractivity contribution >= 4 is 5.91 Å². The van der Waals surface area contributed by atoms with Crippen molar-refractivity contribution in [2.75, 3.05) is 7.05 Å². The molecule has 1 aromatic rings. The fourth-order valence-electron chi connectivity index (χ4n) is 2.46. The molecule has 0 aliphatic heterocycles. The van der Waals surface area contributed by atoms with Crippen LogP contribution in [0.3, 0.4) is 0 Å². The Labute approximate surface area is 102 Å². The molecule has 4 heteroatoms. The van der Waals surface area contributed by atoms with Crippen molar-refractivity contribution in [3.63, 3.8) is 0 Å². The molecule has 1 amide bonds. The largest absolute Gasteiger partial charge is 0.335 e.